The molecule has 4 aromatic rings. The summed E-state index contributed by atoms with van der Waals surface area (Å²) in [5, 5.41) is 21.7. The molecule has 8 heteroatoms. The monoisotopic (exact) mass is 454 g/mol. The Hall–Kier alpha value is -4.56. The number of aliphatic hydroxyl groups excluding tert-OH is 1. The molecule has 34 heavy (non-hydrogen) atoms. The maximum Gasteiger partial charge on any atom is 0.252 e. The number of carbonyl (C=O) groups excluding carboxylic acids is 3. The average molecular weight is 454 g/mol. The molecule has 8 nitrogen and oxygen atoms in total. The zero-order valence-electron chi connectivity index (χ0n) is 18.1. The topological polar surface area (TPSA) is 124 Å². The highest BCUT2D eigenvalue weighted by Crippen LogP contribution is 2.19. The van der Waals surface area contributed by atoms with Crippen molar-refractivity contribution in [1.29, 1.82) is 0 Å². The summed E-state index contributed by atoms with van der Waals surface area (Å²) in [4.78, 5) is 38.0. The molecule has 1 atom stereocenters. The van der Waals surface area contributed by atoms with Gasteiger partial charge in [-0.15, -0.1) is 0 Å². The highest BCUT2D eigenvalue weighted by molar-refractivity contribution is 6.10. The van der Waals surface area contributed by atoms with Crippen molar-refractivity contribution >= 4 is 23.4 Å². The van der Waals surface area contributed by atoms with E-state index < -0.39 is 24.5 Å². The highest BCUT2D eigenvalue weighted by Gasteiger charge is 2.22. The fourth-order valence-electron chi connectivity index (χ4n) is 3.36. The van der Waals surface area contributed by atoms with Crippen LogP contribution in [-0.4, -0.2) is 45.6 Å². The predicted molar refractivity (Wildman–Crippen MR) is 127 cm³/mol. The van der Waals surface area contributed by atoms with E-state index in [4.69, 9.17) is 0 Å². The largest absolute Gasteiger partial charge is 0.394 e. The van der Waals surface area contributed by atoms with Gasteiger partial charge in [0, 0.05) is 22.8 Å². The van der Waals surface area contributed by atoms with E-state index in [1.165, 1.54) is 12.1 Å². The van der Waals surface area contributed by atoms with E-state index in [0.717, 1.165) is 5.56 Å². The Labute approximate surface area is 195 Å². The Kier molecular flexibility index (Phi) is 6.90. The molecular weight excluding hydrogens is 432 g/mol. The molecule has 4 N–H and O–H groups in total. The summed E-state index contributed by atoms with van der Waals surface area (Å²) < 4.78 is 0. The van der Waals surface area contributed by atoms with Gasteiger partial charge in [-0.3, -0.25) is 19.5 Å². The molecule has 0 fully saturated rings. The molecule has 0 saturated carbocycles. The third-order valence-corrected chi connectivity index (χ3v) is 5.14. The van der Waals surface area contributed by atoms with Crippen molar-refractivity contribution in [3.8, 4) is 11.3 Å². The van der Waals surface area contributed by atoms with Gasteiger partial charge in [0.1, 0.15) is 6.04 Å². The molecule has 1 heterocycles. The lowest BCUT2D eigenvalue weighted by Crippen LogP contribution is -2.46. The van der Waals surface area contributed by atoms with E-state index in [1.54, 1.807) is 42.5 Å². The van der Waals surface area contributed by atoms with Crippen LogP contribution in [-0.2, 0) is 4.79 Å². The fourth-order valence-corrected chi connectivity index (χ4v) is 3.36. The van der Waals surface area contributed by atoms with Gasteiger partial charge in [-0.1, -0.05) is 72.8 Å². The predicted octanol–water partition coefficient (Wildman–Crippen LogP) is 3.04. The van der Waals surface area contributed by atoms with Crippen molar-refractivity contribution in [2.75, 3.05) is 11.9 Å². The lowest BCUT2D eigenvalue weighted by atomic mass is 10.0. The maximum absolute atomic E-state index is 12.7. The molecule has 170 valence electrons. The summed E-state index contributed by atoms with van der Waals surface area (Å²) in [6.07, 6.45) is 0. The number of nitrogens with zero attached hydrogens (tertiary/aromatic N) is 1. The average Bonchev–Trinajstić information content (AvgIpc) is 3.36. The van der Waals surface area contributed by atoms with Crippen molar-refractivity contribution < 1.29 is 19.5 Å². The molecule has 0 saturated heterocycles. The third-order valence-electron chi connectivity index (χ3n) is 5.14. The molecule has 0 aliphatic heterocycles. The number of aromatic amines is 1. The minimum absolute atomic E-state index is 0.194. The smallest absolute Gasteiger partial charge is 0.252 e. The zero-order valence-corrected chi connectivity index (χ0v) is 18.1. The molecule has 4 rings (SSSR count). The number of benzene rings is 3. The number of nitrogens with one attached hydrogen (secondary N) is 3. The summed E-state index contributed by atoms with van der Waals surface area (Å²) in [7, 11) is 0. The number of H-pyrrole nitrogens is 1. The Bertz CT molecular complexity index is 1300. The molecule has 3 aromatic carbocycles. The van der Waals surface area contributed by atoms with Gasteiger partial charge in [-0.25, -0.2) is 0 Å². The number of aliphatic hydroxyl groups is 1. The SMILES string of the molecule is O=C(N[C@@H](CO)C(=O)Nc1cc(-c2ccccc2)[nH]n1)c1cccc(C(=O)c2ccccc2)c1. The Balaban J connectivity index is 1.42. The lowest BCUT2D eigenvalue weighted by Gasteiger charge is -2.15. The molecule has 0 bridgehead atoms. The Morgan fingerprint density at radius 3 is 2.18 bits per heavy atom. The zero-order chi connectivity index (χ0) is 23.9. The first-order chi connectivity index (χ1) is 16.5. The normalized spacial score (nSPS) is 11.4. The molecule has 0 aliphatic rings. The van der Waals surface area contributed by atoms with Gasteiger partial charge in [-0.2, -0.15) is 5.10 Å². The van der Waals surface area contributed by atoms with Gasteiger partial charge < -0.3 is 15.7 Å². The van der Waals surface area contributed by atoms with E-state index in [2.05, 4.69) is 20.8 Å². The van der Waals surface area contributed by atoms with Crippen molar-refractivity contribution in [3.05, 3.63) is 108 Å². The van der Waals surface area contributed by atoms with Crippen molar-refractivity contribution in [3.63, 3.8) is 0 Å². The van der Waals surface area contributed by atoms with Crippen LogP contribution in [0, 0.1) is 0 Å². The van der Waals surface area contributed by atoms with Crippen LogP contribution in [0.4, 0.5) is 5.82 Å². The number of hydrogen-bond acceptors (Lipinski definition) is 5. The minimum atomic E-state index is -1.21. The Morgan fingerprint density at radius 2 is 1.47 bits per heavy atom. The first kappa shape index (κ1) is 22.6. The Morgan fingerprint density at radius 1 is 0.824 bits per heavy atom. The number of aromatic nitrogens is 2. The van der Waals surface area contributed by atoms with E-state index in [-0.39, 0.29) is 17.2 Å². The van der Waals surface area contributed by atoms with Crippen LogP contribution in [0.2, 0.25) is 0 Å². The van der Waals surface area contributed by atoms with Gasteiger partial charge in [0.25, 0.3) is 11.8 Å². The molecular formula is C26H22N4O4. The molecule has 0 aliphatic carbocycles. The second-order valence-electron chi connectivity index (χ2n) is 7.51. The number of anilines is 1. The molecule has 0 unspecified atom stereocenters. The van der Waals surface area contributed by atoms with Crippen LogP contribution in [0.3, 0.4) is 0 Å². The number of carbonyl (C=O) groups is 3. The summed E-state index contributed by atoms with van der Waals surface area (Å²) in [5.74, 6) is -1.19. The first-order valence-corrected chi connectivity index (χ1v) is 10.6. The first-order valence-electron chi connectivity index (χ1n) is 10.6. The van der Waals surface area contributed by atoms with Crippen molar-refractivity contribution in [2.24, 2.45) is 0 Å². The number of amides is 2. The number of ketones is 1. The van der Waals surface area contributed by atoms with Gasteiger partial charge in [-0.05, 0) is 17.7 Å². The van der Waals surface area contributed by atoms with E-state index in [0.29, 0.717) is 16.8 Å². The molecule has 0 radical (unpaired) electrons. The van der Waals surface area contributed by atoms with E-state index >= 15 is 0 Å². The number of hydrogen-bond donors (Lipinski definition) is 4. The number of rotatable bonds is 8. The maximum atomic E-state index is 12.7. The standard InChI is InChI=1S/C26H22N4O4/c31-16-22(26(34)28-23-15-21(29-30-23)17-8-3-1-4-9-17)27-25(33)20-13-7-12-19(14-20)24(32)18-10-5-2-6-11-18/h1-15,22,31H,16H2,(H,27,33)(H2,28,29,30,34)/t22-/m0/s1. The molecule has 2 amide bonds. The van der Waals surface area contributed by atoms with Crippen LogP contribution in [0.25, 0.3) is 11.3 Å². The molecule has 1 aromatic heterocycles. The van der Waals surface area contributed by atoms with Gasteiger partial charge in [0.2, 0.25) is 0 Å². The van der Waals surface area contributed by atoms with Crippen LogP contribution in [0.1, 0.15) is 26.3 Å². The lowest BCUT2D eigenvalue weighted by molar-refractivity contribution is -0.118. The van der Waals surface area contributed by atoms with Crippen LogP contribution in [0.5, 0.6) is 0 Å². The van der Waals surface area contributed by atoms with Crippen LogP contribution in [0.15, 0.2) is 91.0 Å². The van der Waals surface area contributed by atoms with Gasteiger partial charge in [0.15, 0.2) is 11.6 Å². The summed E-state index contributed by atoms with van der Waals surface area (Å²) in [6.45, 7) is -0.615. The molecule has 0 spiro atoms. The van der Waals surface area contributed by atoms with Crippen molar-refractivity contribution in [1.82, 2.24) is 15.5 Å². The quantitative estimate of drug-likeness (QED) is 0.305. The second-order valence-corrected chi connectivity index (χ2v) is 7.51. The van der Waals surface area contributed by atoms with Gasteiger partial charge >= 0.3 is 0 Å². The fraction of sp³-hybridized carbons (Fsp3) is 0.0769. The second kappa shape index (κ2) is 10.4. The van der Waals surface area contributed by atoms with E-state index in [1.807, 2.05) is 36.4 Å². The van der Waals surface area contributed by atoms with Gasteiger partial charge in [0.05, 0.1) is 12.3 Å². The van der Waals surface area contributed by atoms with E-state index in [9.17, 15) is 19.5 Å². The highest BCUT2D eigenvalue weighted by atomic mass is 16.3. The van der Waals surface area contributed by atoms with Crippen LogP contribution < -0.4 is 10.6 Å². The van der Waals surface area contributed by atoms with Crippen molar-refractivity contribution in [2.45, 2.75) is 6.04 Å². The minimum Gasteiger partial charge on any atom is -0.394 e. The van der Waals surface area contributed by atoms with Crippen LogP contribution >= 0.6 is 0 Å². The summed E-state index contributed by atoms with van der Waals surface area (Å²) in [5.41, 5.74) is 2.64. The summed E-state index contributed by atoms with van der Waals surface area (Å²) in [6, 6.07) is 24.8. The third kappa shape index (κ3) is 5.25. The summed E-state index contributed by atoms with van der Waals surface area (Å²) >= 11 is 0.